The zero-order valence-corrected chi connectivity index (χ0v) is 19.3. The molecule has 2 heterocycles. The molecule has 2 amide bonds. The molecular formula is C22H36N2O7. The number of epoxide rings is 2. The lowest BCUT2D eigenvalue weighted by atomic mass is 9.68. The number of nitrogens with two attached hydrogens (primary N) is 1. The maximum atomic E-state index is 12.5. The molecule has 7 atom stereocenters. The summed E-state index contributed by atoms with van der Waals surface area (Å²) in [4.78, 5) is 24.2. The molecule has 0 aromatic rings. The summed E-state index contributed by atoms with van der Waals surface area (Å²) in [6.07, 6.45) is 2.47. The van der Waals surface area contributed by atoms with Crippen LogP contribution in [0.25, 0.3) is 0 Å². The third-order valence-electron chi connectivity index (χ3n) is 6.75. The standard InChI is InChI=1S/C22H36N2O7/c1-12(2)7-8-14-21(5,31-14)16-15(28-6)13(9-10-22(16)11-29-22)30-19(26)24-17(18(23)25)20(3,4)27/h7,13-17,27H,8-11H2,1-6H3,(H2,23,25)(H,24,26)/t13-,14+,15-,16?,17+,21-,22?/m1/s1. The minimum Gasteiger partial charge on any atom is -0.443 e. The van der Waals surface area contributed by atoms with E-state index in [1.54, 1.807) is 7.11 Å². The Labute approximate surface area is 183 Å². The van der Waals surface area contributed by atoms with Gasteiger partial charge in [0.2, 0.25) is 5.91 Å². The zero-order chi connectivity index (χ0) is 23.2. The minimum absolute atomic E-state index is 0.0492. The molecular weight excluding hydrogens is 404 g/mol. The highest BCUT2D eigenvalue weighted by Crippen LogP contribution is 2.59. The molecule has 3 rings (SSSR count). The fourth-order valence-corrected chi connectivity index (χ4v) is 4.96. The maximum absolute atomic E-state index is 12.5. The van der Waals surface area contributed by atoms with Crippen molar-refractivity contribution in [2.75, 3.05) is 13.7 Å². The summed E-state index contributed by atoms with van der Waals surface area (Å²) in [5.74, 6) is -0.950. The molecule has 0 aromatic carbocycles. The van der Waals surface area contributed by atoms with Crippen LogP contribution >= 0.6 is 0 Å². The second-order valence-corrected chi connectivity index (χ2v) is 9.95. The molecule has 1 saturated carbocycles. The summed E-state index contributed by atoms with van der Waals surface area (Å²) in [6.45, 7) is 9.59. The first-order valence-corrected chi connectivity index (χ1v) is 10.8. The number of primary amides is 1. The van der Waals surface area contributed by atoms with Crippen molar-refractivity contribution < 1.29 is 33.6 Å². The van der Waals surface area contributed by atoms with Gasteiger partial charge in [0.05, 0.1) is 24.2 Å². The lowest BCUT2D eigenvalue weighted by Crippen LogP contribution is -2.59. The second kappa shape index (κ2) is 8.35. The molecule has 176 valence electrons. The highest BCUT2D eigenvalue weighted by Gasteiger charge is 2.72. The number of rotatable bonds is 8. The number of allylic oxidation sites excluding steroid dienone is 1. The molecule has 2 aliphatic heterocycles. The monoisotopic (exact) mass is 440 g/mol. The molecule has 9 nitrogen and oxygen atoms in total. The van der Waals surface area contributed by atoms with Gasteiger partial charge in [-0.2, -0.15) is 0 Å². The predicted molar refractivity (Wildman–Crippen MR) is 112 cm³/mol. The largest absolute Gasteiger partial charge is 0.443 e. The van der Waals surface area contributed by atoms with Crippen molar-refractivity contribution in [3.05, 3.63) is 11.6 Å². The Morgan fingerprint density at radius 3 is 2.52 bits per heavy atom. The average Bonchev–Trinajstić information content (AvgIpc) is 3.56. The topological polar surface area (TPSA) is 136 Å². The average molecular weight is 441 g/mol. The van der Waals surface area contributed by atoms with Gasteiger partial charge in [-0.15, -0.1) is 0 Å². The molecule has 31 heavy (non-hydrogen) atoms. The lowest BCUT2D eigenvalue weighted by Gasteiger charge is -2.42. The number of hydrogen-bond donors (Lipinski definition) is 3. The molecule has 0 bridgehead atoms. The van der Waals surface area contributed by atoms with E-state index in [0.717, 1.165) is 6.42 Å². The second-order valence-electron chi connectivity index (χ2n) is 9.95. The number of nitrogens with one attached hydrogen (secondary N) is 1. The normalized spacial score (nSPS) is 37.6. The highest BCUT2D eigenvalue weighted by molar-refractivity contribution is 5.85. The Morgan fingerprint density at radius 2 is 2.03 bits per heavy atom. The lowest BCUT2D eigenvalue weighted by molar-refractivity contribution is -0.127. The van der Waals surface area contributed by atoms with Crippen LogP contribution < -0.4 is 11.1 Å². The van der Waals surface area contributed by atoms with Crippen LogP contribution in [-0.4, -0.2) is 72.0 Å². The number of carbonyl (C=O) groups excluding carboxylic acids is 2. The number of ether oxygens (including phenoxy) is 4. The molecule has 3 fully saturated rings. The van der Waals surface area contributed by atoms with Gasteiger partial charge in [0, 0.05) is 7.11 Å². The van der Waals surface area contributed by atoms with E-state index in [0.29, 0.717) is 19.4 Å². The van der Waals surface area contributed by atoms with Crippen LogP contribution in [0.4, 0.5) is 4.79 Å². The van der Waals surface area contributed by atoms with E-state index in [9.17, 15) is 14.7 Å². The Balaban J connectivity index is 1.72. The van der Waals surface area contributed by atoms with Crippen molar-refractivity contribution in [1.29, 1.82) is 0 Å². The van der Waals surface area contributed by atoms with Crippen LogP contribution in [0.15, 0.2) is 11.6 Å². The van der Waals surface area contributed by atoms with E-state index in [1.807, 2.05) is 0 Å². The van der Waals surface area contributed by atoms with Gasteiger partial charge in [0.15, 0.2) is 0 Å². The Kier molecular flexibility index (Phi) is 6.46. The fraction of sp³-hybridized carbons (Fsp3) is 0.818. The SMILES string of the molecule is CO[C@H]1C([C@]2(C)O[C@H]2CC=C(C)C)C2(CC[C@H]1OC(=O)N[C@@H](C(N)=O)C(C)(C)O)CO2. The summed E-state index contributed by atoms with van der Waals surface area (Å²) in [7, 11) is 1.59. The van der Waals surface area contributed by atoms with Crippen molar-refractivity contribution in [1.82, 2.24) is 5.32 Å². The van der Waals surface area contributed by atoms with Crippen LogP contribution in [0.3, 0.4) is 0 Å². The van der Waals surface area contributed by atoms with Crippen LogP contribution in [0, 0.1) is 5.92 Å². The Bertz CT molecular complexity index is 739. The molecule has 4 N–H and O–H groups in total. The highest BCUT2D eigenvalue weighted by atomic mass is 16.6. The fourth-order valence-electron chi connectivity index (χ4n) is 4.96. The smallest absolute Gasteiger partial charge is 0.408 e. The third kappa shape index (κ3) is 4.89. The first-order valence-electron chi connectivity index (χ1n) is 10.8. The van der Waals surface area contributed by atoms with Gasteiger partial charge >= 0.3 is 6.09 Å². The quantitative estimate of drug-likeness (QED) is 0.383. The van der Waals surface area contributed by atoms with Crippen LogP contribution in [0.2, 0.25) is 0 Å². The minimum atomic E-state index is -1.53. The Morgan fingerprint density at radius 1 is 1.39 bits per heavy atom. The summed E-state index contributed by atoms with van der Waals surface area (Å²) in [5.41, 5.74) is 4.26. The number of hydrogen-bond acceptors (Lipinski definition) is 7. The van der Waals surface area contributed by atoms with E-state index in [2.05, 4.69) is 32.2 Å². The molecule has 1 spiro atoms. The van der Waals surface area contributed by atoms with Gasteiger partial charge < -0.3 is 35.1 Å². The first kappa shape index (κ1) is 24.0. The third-order valence-corrected chi connectivity index (χ3v) is 6.75. The Hall–Kier alpha value is -1.68. The maximum Gasteiger partial charge on any atom is 0.408 e. The zero-order valence-electron chi connectivity index (χ0n) is 19.3. The number of amides is 2. The first-order chi connectivity index (χ1) is 14.3. The molecule has 2 saturated heterocycles. The molecule has 1 aliphatic carbocycles. The van der Waals surface area contributed by atoms with E-state index >= 15 is 0 Å². The number of carbonyl (C=O) groups is 2. The summed E-state index contributed by atoms with van der Waals surface area (Å²) >= 11 is 0. The van der Waals surface area contributed by atoms with Crippen LogP contribution in [0.5, 0.6) is 0 Å². The molecule has 0 radical (unpaired) electrons. The van der Waals surface area contributed by atoms with Crippen molar-refractivity contribution in [3.63, 3.8) is 0 Å². The van der Waals surface area contributed by atoms with E-state index in [-0.39, 0.29) is 17.6 Å². The summed E-state index contributed by atoms with van der Waals surface area (Å²) in [5, 5.41) is 12.5. The van der Waals surface area contributed by atoms with Gasteiger partial charge in [0.25, 0.3) is 0 Å². The van der Waals surface area contributed by atoms with E-state index in [4.69, 9.17) is 24.7 Å². The number of methoxy groups -OCH3 is 1. The molecule has 9 heteroatoms. The summed E-state index contributed by atoms with van der Waals surface area (Å²) < 4.78 is 23.5. The number of aliphatic hydroxyl groups is 1. The molecule has 2 unspecified atom stereocenters. The predicted octanol–water partition coefficient (Wildman–Crippen LogP) is 1.41. The van der Waals surface area contributed by atoms with Crippen molar-refractivity contribution in [3.8, 4) is 0 Å². The summed E-state index contributed by atoms with van der Waals surface area (Å²) in [6, 6.07) is -1.28. The molecule has 0 aromatic heterocycles. The van der Waals surface area contributed by atoms with Gasteiger partial charge in [-0.05, 0) is 53.9 Å². The van der Waals surface area contributed by atoms with Crippen LogP contribution in [0.1, 0.15) is 53.9 Å². The van der Waals surface area contributed by atoms with Gasteiger partial charge in [0.1, 0.15) is 29.5 Å². The van der Waals surface area contributed by atoms with Gasteiger partial charge in [-0.1, -0.05) is 11.6 Å². The number of alkyl carbamates (subject to hydrolysis) is 1. The molecule has 3 aliphatic rings. The van der Waals surface area contributed by atoms with Crippen LogP contribution in [-0.2, 0) is 23.7 Å². The van der Waals surface area contributed by atoms with Gasteiger partial charge in [-0.3, -0.25) is 4.79 Å². The van der Waals surface area contributed by atoms with E-state index < -0.39 is 41.5 Å². The van der Waals surface area contributed by atoms with Crippen molar-refractivity contribution >= 4 is 12.0 Å². The van der Waals surface area contributed by atoms with Crippen molar-refractivity contribution in [2.45, 2.75) is 95.0 Å². The van der Waals surface area contributed by atoms with Crippen molar-refractivity contribution in [2.24, 2.45) is 11.7 Å². The van der Waals surface area contributed by atoms with E-state index in [1.165, 1.54) is 19.4 Å². The van der Waals surface area contributed by atoms with Gasteiger partial charge in [-0.25, -0.2) is 4.79 Å².